The van der Waals surface area contributed by atoms with E-state index in [1.165, 1.54) is 12.1 Å². The fraction of sp³-hybridized carbons (Fsp3) is 0.355. The number of hydrogen-bond acceptors (Lipinski definition) is 6. The van der Waals surface area contributed by atoms with Crippen LogP contribution >= 0.6 is 0 Å². The number of nitrogens with one attached hydrogen (secondary N) is 2. The van der Waals surface area contributed by atoms with Crippen LogP contribution in [0.5, 0.6) is 0 Å². The van der Waals surface area contributed by atoms with Gasteiger partial charge in [-0.1, -0.05) is 30.3 Å². The zero-order valence-corrected chi connectivity index (χ0v) is 25.3. The Kier molecular flexibility index (Phi) is 11.4. The van der Waals surface area contributed by atoms with Crippen LogP contribution in [0.4, 0.5) is 19.4 Å². The van der Waals surface area contributed by atoms with Crippen molar-refractivity contribution < 1.29 is 23.1 Å². The van der Waals surface area contributed by atoms with E-state index in [1.807, 2.05) is 82.3 Å². The first-order valence-corrected chi connectivity index (χ1v) is 13.8. The molecule has 0 aliphatic carbocycles. The average molecular weight is 596 g/mol. The van der Waals surface area contributed by atoms with Crippen molar-refractivity contribution in [1.82, 2.24) is 29.8 Å². The number of amides is 2. The maximum atomic E-state index is 11.9. The van der Waals surface area contributed by atoms with Gasteiger partial charge in [0.25, 0.3) is 0 Å². The zero-order valence-electron chi connectivity index (χ0n) is 25.3. The predicted molar refractivity (Wildman–Crippen MR) is 162 cm³/mol. The molecule has 2 aromatic heterocycles. The van der Waals surface area contributed by atoms with Crippen LogP contribution in [0.3, 0.4) is 0 Å². The maximum absolute atomic E-state index is 11.9. The Balaban J connectivity index is 0.000000194. The third-order valence-corrected chi connectivity index (χ3v) is 6.31. The molecule has 43 heavy (non-hydrogen) atoms. The van der Waals surface area contributed by atoms with Gasteiger partial charge in [0.2, 0.25) is 6.41 Å². The molecule has 2 aromatic carbocycles. The van der Waals surface area contributed by atoms with Crippen LogP contribution in [0, 0.1) is 18.6 Å². The summed E-state index contributed by atoms with van der Waals surface area (Å²) < 4.78 is 32.8. The summed E-state index contributed by atoms with van der Waals surface area (Å²) in [4.78, 5) is 23.4. The second-order valence-electron chi connectivity index (χ2n) is 10.8. The monoisotopic (exact) mass is 595 g/mol. The molecule has 0 unspecified atom stereocenters. The van der Waals surface area contributed by atoms with Gasteiger partial charge in [-0.15, -0.1) is 0 Å². The Labute approximate surface area is 250 Å². The van der Waals surface area contributed by atoms with Gasteiger partial charge in [0, 0.05) is 50.6 Å². The zero-order chi connectivity index (χ0) is 31.6. The Morgan fingerprint density at radius 1 is 1.07 bits per heavy atom. The number of carbonyl (C=O) groups is 2. The average Bonchev–Trinajstić information content (AvgIpc) is 3.69. The Hall–Kier alpha value is -4.74. The van der Waals surface area contributed by atoms with Crippen LogP contribution in [0.2, 0.25) is 0 Å². The van der Waals surface area contributed by atoms with Gasteiger partial charge in [0.15, 0.2) is 11.6 Å². The molecule has 5 rings (SSSR count). The number of aromatic nitrogens is 4. The van der Waals surface area contributed by atoms with E-state index in [-0.39, 0.29) is 12.1 Å². The summed E-state index contributed by atoms with van der Waals surface area (Å²) in [5, 5.41) is 14.8. The summed E-state index contributed by atoms with van der Waals surface area (Å²) in [5.74, 6) is -0.602. The maximum Gasteiger partial charge on any atom is 0.410 e. The lowest BCUT2D eigenvalue weighted by atomic mass is 10.1. The second-order valence-corrected chi connectivity index (χ2v) is 10.8. The second kappa shape index (κ2) is 14.9. The van der Waals surface area contributed by atoms with Crippen molar-refractivity contribution in [3.05, 3.63) is 84.2 Å². The number of halogens is 2. The first-order chi connectivity index (χ1) is 20.4. The Morgan fingerprint density at radius 3 is 2.21 bits per heavy atom. The molecule has 1 atom stereocenters. The molecule has 0 bridgehead atoms. The molecule has 3 heterocycles. The number of carbonyl (C=O) groups excluding carboxylic acids is 2. The Morgan fingerprint density at radius 2 is 1.70 bits per heavy atom. The highest BCUT2D eigenvalue weighted by molar-refractivity contribution is 5.69. The van der Waals surface area contributed by atoms with Crippen molar-refractivity contribution in [2.75, 3.05) is 25.5 Å². The number of anilines is 1. The topological polar surface area (TPSA) is 106 Å². The fourth-order valence-corrected chi connectivity index (χ4v) is 4.29. The van der Waals surface area contributed by atoms with Gasteiger partial charge in [-0.25, -0.2) is 18.3 Å². The molecule has 230 valence electrons. The van der Waals surface area contributed by atoms with Gasteiger partial charge in [0.1, 0.15) is 17.1 Å². The molecule has 0 saturated carbocycles. The summed E-state index contributed by atoms with van der Waals surface area (Å²) in [7, 11) is 3.82. The molecule has 1 aliphatic rings. The smallest absolute Gasteiger partial charge is 0.410 e. The van der Waals surface area contributed by atoms with Gasteiger partial charge in [-0.2, -0.15) is 10.2 Å². The third kappa shape index (κ3) is 9.38. The van der Waals surface area contributed by atoms with Crippen LogP contribution in [0.1, 0.15) is 32.8 Å². The van der Waals surface area contributed by atoms with E-state index in [9.17, 15) is 18.4 Å². The SMILES string of the molecule is CC(C)(C)OC(=O)N1CC[C@@H](NC=O)C1.CNc1c(C)c(-c2cnn(C)c2)nn1-c1ccccc1.Fc1ccccc1F. The van der Waals surface area contributed by atoms with Crippen molar-refractivity contribution >= 4 is 18.3 Å². The third-order valence-electron chi connectivity index (χ3n) is 6.31. The molecule has 4 aromatic rings. The first kappa shape index (κ1) is 32.8. The van der Waals surface area contributed by atoms with Crippen LogP contribution in [0.15, 0.2) is 67.0 Å². The normalized spacial score (nSPS) is 14.1. The number of nitrogens with zero attached hydrogens (tertiary/aromatic N) is 5. The van der Waals surface area contributed by atoms with Gasteiger partial charge in [-0.05, 0) is 58.4 Å². The van der Waals surface area contributed by atoms with E-state index < -0.39 is 17.2 Å². The molecular weight excluding hydrogens is 556 g/mol. The number of rotatable bonds is 5. The van der Waals surface area contributed by atoms with E-state index in [0.717, 1.165) is 46.9 Å². The molecule has 0 spiro atoms. The summed E-state index contributed by atoms with van der Waals surface area (Å²) in [6, 6.07) is 15.2. The van der Waals surface area contributed by atoms with Crippen molar-refractivity contribution in [1.29, 1.82) is 0 Å². The van der Waals surface area contributed by atoms with E-state index in [1.54, 1.807) is 9.58 Å². The lowest BCUT2D eigenvalue weighted by Crippen LogP contribution is -2.38. The summed E-state index contributed by atoms with van der Waals surface area (Å²) >= 11 is 0. The Bertz CT molecular complexity index is 1460. The first-order valence-electron chi connectivity index (χ1n) is 13.8. The van der Waals surface area contributed by atoms with E-state index in [0.29, 0.717) is 19.5 Å². The van der Waals surface area contributed by atoms with Crippen LogP contribution in [-0.4, -0.2) is 68.7 Å². The van der Waals surface area contributed by atoms with Crippen LogP contribution < -0.4 is 10.6 Å². The highest BCUT2D eigenvalue weighted by atomic mass is 19.2. The van der Waals surface area contributed by atoms with E-state index >= 15 is 0 Å². The van der Waals surface area contributed by atoms with Crippen LogP contribution in [0.25, 0.3) is 16.9 Å². The number of likely N-dealkylation sites (tertiary alicyclic amines) is 1. The minimum Gasteiger partial charge on any atom is -0.444 e. The minimum atomic E-state index is -0.799. The summed E-state index contributed by atoms with van der Waals surface area (Å²) in [5.41, 5.74) is 3.66. The van der Waals surface area contributed by atoms with Gasteiger partial charge >= 0.3 is 6.09 Å². The van der Waals surface area contributed by atoms with Crippen molar-refractivity contribution in [2.24, 2.45) is 7.05 Å². The van der Waals surface area contributed by atoms with Gasteiger partial charge in [0.05, 0.1) is 11.9 Å². The van der Waals surface area contributed by atoms with Crippen molar-refractivity contribution in [3.63, 3.8) is 0 Å². The quantitative estimate of drug-likeness (QED) is 0.302. The van der Waals surface area contributed by atoms with Crippen molar-refractivity contribution in [3.8, 4) is 16.9 Å². The number of hydrogen-bond donors (Lipinski definition) is 2. The molecule has 0 radical (unpaired) electrons. The largest absolute Gasteiger partial charge is 0.444 e. The molecule has 12 heteroatoms. The molecule has 2 amide bonds. The van der Waals surface area contributed by atoms with Gasteiger partial charge in [-0.3, -0.25) is 9.48 Å². The highest BCUT2D eigenvalue weighted by Crippen LogP contribution is 2.29. The molecule has 1 aliphatic heterocycles. The minimum absolute atomic E-state index is 0.0648. The number of ether oxygens (including phenoxy) is 1. The molecule has 1 saturated heterocycles. The van der Waals surface area contributed by atoms with Crippen LogP contribution in [-0.2, 0) is 16.6 Å². The molecular formula is C31H39F2N7O3. The standard InChI is InChI=1S/C15H17N5.C10H18N2O3.C6H4F2/c1-11-14(12-9-17-19(3)10-12)18-20(15(11)16-2)13-7-5-4-6-8-13;1-10(2,3)15-9(14)12-5-4-8(6-12)11-7-13;7-5-3-1-2-4-6(5)8/h4-10,16H,1-3H3;7-8H,4-6H2,1-3H3,(H,11,13);1-4H/t;8-;/m.1./s1. The summed E-state index contributed by atoms with van der Waals surface area (Å²) in [6.07, 6.45) is 4.97. The molecule has 10 nitrogen and oxygen atoms in total. The number of aryl methyl sites for hydroxylation is 1. The number of para-hydroxylation sites is 1. The molecule has 2 N–H and O–H groups in total. The van der Waals surface area contributed by atoms with E-state index in [4.69, 9.17) is 9.84 Å². The summed E-state index contributed by atoms with van der Waals surface area (Å²) in [6.45, 7) is 8.75. The number of benzene rings is 2. The fourth-order valence-electron chi connectivity index (χ4n) is 4.29. The predicted octanol–water partition coefficient (Wildman–Crippen LogP) is 5.33. The van der Waals surface area contributed by atoms with E-state index in [2.05, 4.69) is 22.7 Å². The van der Waals surface area contributed by atoms with Crippen molar-refractivity contribution in [2.45, 2.75) is 45.8 Å². The highest BCUT2D eigenvalue weighted by Gasteiger charge is 2.29. The lowest BCUT2D eigenvalue weighted by Gasteiger charge is -2.24. The van der Waals surface area contributed by atoms with Gasteiger partial charge < -0.3 is 20.3 Å². The lowest BCUT2D eigenvalue weighted by molar-refractivity contribution is -0.110. The molecule has 1 fully saturated rings.